The van der Waals surface area contributed by atoms with E-state index in [1.807, 2.05) is 11.3 Å². The minimum absolute atomic E-state index is 0.511. The fourth-order valence-corrected chi connectivity index (χ4v) is 3.96. The van der Waals surface area contributed by atoms with Crippen LogP contribution in [-0.4, -0.2) is 61.1 Å². The second-order valence-corrected chi connectivity index (χ2v) is 6.86. The highest BCUT2D eigenvalue weighted by atomic mass is 32.1. The molecule has 0 saturated carbocycles. The molecule has 106 valence electrons. The summed E-state index contributed by atoms with van der Waals surface area (Å²) in [6.45, 7) is 4.66. The molecule has 3 heterocycles. The third-order valence-corrected chi connectivity index (χ3v) is 5.27. The number of likely N-dealkylation sites (N-methyl/N-ethyl adjacent to an activating group) is 2. The maximum Gasteiger partial charge on any atom is 0.0945 e. The van der Waals surface area contributed by atoms with E-state index in [0.29, 0.717) is 12.1 Å². The molecule has 0 radical (unpaired) electrons. The van der Waals surface area contributed by atoms with Crippen molar-refractivity contribution in [1.29, 1.82) is 0 Å². The van der Waals surface area contributed by atoms with Gasteiger partial charge in [-0.2, -0.15) is 0 Å². The van der Waals surface area contributed by atoms with Crippen LogP contribution in [-0.2, 0) is 6.42 Å². The largest absolute Gasteiger partial charge is 0.309 e. The van der Waals surface area contributed by atoms with Gasteiger partial charge in [-0.3, -0.25) is 0 Å². The van der Waals surface area contributed by atoms with E-state index in [0.717, 1.165) is 19.5 Å². The number of hydrogen-bond acceptors (Lipinski definition) is 5. The number of nitrogens with zero attached hydrogens (tertiary/aromatic N) is 3. The summed E-state index contributed by atoms with van der Waals surface area (Å²) >= 11 is 1.84. The smallest absolute Gasteiger partial charge is 0.0945 e. The van der Waals surface area contributed by atoms with Gasteiger partial charge in [0.05, 0.1) is 16.7 Å². The lowest BCUT2D eigenvalue weighted by Gasteiger charge is -2.37. The number of piperazine rings is 1. The second kappa shape index (κ2) is 5.87. The van der Waals surface area contributed by atoms with Crippen LogP contribution in [0.2, 0.25) is 0 Å². The highest BCUT2D eigenvalue weighted by Crippen LogP contribution is 2.25. The van der Waals surface area contributed by atoms with Crippen molar-refractivity contribution in [3.05, 3.63) is 16.1 Å². The first-order valence-electron chi connectivity index (χ1n) is 7.29. The lowest BCUT2D eigenvalue weighted by atomic mass is 10.1. The van der Waals surface area contributed by atoms with Crippen LogP contribution in [0.15, 0.2) is 5.38 Å². The predicted octanol–water partition coefficient (Wildman–Crippen LogP) is 1.36. The molecule has 2 atom stereocenters. The molecule has 0 spiro atoms. The average molecular weight is 280 g/mol. The third-order valence-electron chi connectivity index (χ3n) is 4.38. The van der Waals surface area contributed by atoms with Crippen molar-refractivity contribution >= 4 is 11.3 Å². The van der Waals surface area contributed by atoms with Gasteiger partial charge in [0, 0.05) is 37.5 Å². The van der Waals surface area contributed by atoms with E-state index < -0.39 is 0 Å². The van der Waals surface area contributed by atoms with Crippen LogP contribution < -0.4 is 5.32 Å². The fraction of sp³-hybridized carbons (Fsp3) is 0.786. The molecule has 2 saturated heterocycles. The van der Waals surface area contributed by atoms with Crippen molar-refractivity contribution in [2.75, 3.05) is 40.3 Å². The highest BCUT2D eigenvalue weighted by Gasteiger charge is 2.24. The van der Waals surface area contributed by atoms with Gasteiger partial charge < -0.3 is 15.1 Å². The number of hydrogen-bond donors (Lipinski definition) is 1. The zero-order chi connectivity index (χ0) is 13.2. The summed E-state index contributed by atoms with van der Waals surface area (Å²) in [7, 11) is 4.46. The summed E-state index contributed by atoms with van der Waals surface area (Å²) < 4.78 is 0. The summed E-state index contributed by atoms with van der Waals surface area (Å²) in [6, 6.07) is 1.13. The van der Waals surface area contributed by atoms with Crippen molar-refractivity contribution in [2.24, 2.45) is 0 Å². The lowest BCUT2D eigenvalue weighted by molar-refractivity contribution is 0.114. The Bertz CT molecular complexity index is 413. The zero-order valence-electron chi connectivity index (χ0n) is 11.9. The SMILES string of the molecule is CN1CCN(C)C(Cc2nc(C3CCCN3)cs2)C1. The molecule has 19 heavy (non-hydrogen) atoms. The van der Waals surface area contributed by atoms with E-state index in [9.17, 15) is 0 Å². The molecule has 2 aliphatic rings. The Labute approximate surface area is 119 Å². The van der Waals surface area contributed by atoms with Gasteiger partial charge in [-0.15, -0.1) is 11.3 Å². The Hall–Kier alpha value is -0.490. The summed E-state index contributed by atoms with van der Waals surface area (Å²) in [5, 5.41) is 7.09. The Morgan fingerprint density at radius 2 is 2.32 bits per heavy atom. The van der Waals surface area contributed by atoms with Crippen molar-refractivity contribution in [3.8, 4) is 0 Å². The van der Waals surface area contributed by atoms with Crippen LogP contribution in [0, 0.1) is 0 Å². The van der Waals surface area contributed by atoms with Crippen LogP contribution in [0.25, 0.3) is 0 Å². The summed E-state index contributed by atoms with van der Waals surface area (Å²) in [5.74, 6) is 0. The maximum absolute atomic E-state index is 4.86. The quantitative estimate of drug-likeness (QED) is 0.906. The zero-order valence-corrected chi connectivity index (χ0v) is 12.7. The minimum Gasteiger partial charge on any atom is -0.309 e. The van der Waals surface area contributed by atoms with E-state index in [4.69, 9.17) is 4.98 Å². The number of nitrogens with one attached hydrogen (secondary N) is 1. The molecule has 4 nitrogen and oxygen atoms in total. The summed E-state index contributed by atoms with van der Waals surface area (Å²) in [4.78, 5) is 9.77. The van der Waals surface area contributed by atoms with Gasteiger partial charge in [-0.1, -0.05) is 0 Å². The van der Waals surface area contributed by atoms with Crippen LogP contribution in [0.3, 0.4) is 0 Å². The molecule has 1 aromatic heterocycles. The third kappa shape index (κ3) is 3.16. The van der Waals surface area contributed by atoms with Crippen molar-refractivity contribution in [3.63, 3.8) is 0 Å². The Morgan fingerprint density at radius 3 is 3.11 bits per heavy atom. The van der Waals surface area contributed by atoms with Gasteiger partial charge in [0.1, 0.15) is 0 Å². The van der Waals surface area contributed by atoms with Crippen LogP contribution in [0.5, 0.6) is 0 Å². The second-order valence-electron chi connectivity index (χ2n) is 5.92. The molecule has 2 unspecified atom stereocenters. The predicted molar refractivity (Wildman–Crippen MR) is 79.7 cm³/mol. The Morgan fingerprint density at radius 1 is 1.42 bits per heavy atom. The standard InChI is InChI=1S/C14H24N4S/c1-17-6-7-18(2)11(9-17)8-14-16-13(10-19-14)12-4-3-5-15-12/h10-12,15H,3-9H2,1-2H3. The molecule has 0 bridgehead atoms. The molecule has 0 aliphatic carbocycles. The fourth-order valence-electron chi connectivity index (χ4n) is 3.04. The highest BCUT2D eigenvalue weighted by molar-refractivity contribution is 7.09. The molecule has 2 fully saturated rings. The molecule has 1 N–H and O–H groups in total. The van der Waals surface area contributed by atoms with Gasteiger partial charge in [-0.25, -0.2) is 4.98 Å². The topological polar surface area (TPSA) is 31.4 Å². The molecule has 2 aliphatic heterocycles. The molecule has 0 amide bonds. The van der Waals surface area contributed by atoms with Crippen LogP contribution >= 0.6 is 11.3 Å². The minimum atomic E-state index is 0.511. The molecule has 1 aromatic rings. The Balaban J connectivity index is 1.62. The normalized spacial score (nSPS) is 30.0. The van der Waals surface area contributed by atoms with Gasteiger partial charge >= 0.3 is 0 Å². The molecular weight excluding hydrogens is 256 g/mol. The average Bonchev–Trinajstić information content (AvgIpc) is 3.04. The van der Waals surface area contributed by atoms with E-state index in [1.165, 1.54) is 36.6 Å². The lowest BCUT2D eigenvalue weighted by Crippen LogP contribution is -2.50. The van der Waals surface area contributed by atoms with E-state index >= 15 is 0 Å². The van der Waals surface area contributed by atoms with Gasteiger partial charge in [0.15, 0.2) is 0 Å². The van der Waals surface area contributed by atoms with Crippen LogP contribution in [0.4, 0.5) is 0 Å². The van der Waals surface area contributed by atoms with Gasteiger partial charge in [0.25, 0.3) is 0 Å². The molecule has 5 heteroatoms. The summed E-state index contributed by atoms with van der Waals surface area (Å²) in [6.07, 6.45) is 3.63. The van der Waals surface area contributed by atoms with E-state index in [-0.39, 0.29) is 0 Å². The van der Waals surface area contributed by atoms with Crippen molar-refractivity contribution in [1.82, 2.24) is 20.1 Å². The van der Waals surface area contributed by atoms with E-state index in [1.54, 1.807) is 0 Å². The first-order valence-corrected chi connectivity index (χ1v) is 8.17. The Kier molecular flexibility index (Phi) is 4.17. The number of aromatic nitrogens is 1. The van der Waals surface area contributed by atoms with Crippen molar-refractivity contribution in [2.45, 2.75) is 31.3 Å². The monoisotopic (exact) mass is 280 g/mol. The number of thiazole rings is 1. The molecular formula is C14H24N4S. The summed E-state index contributed by atoms with van der Waals surface area (Å²) in [5.41, 5.74) is 1.27. The van der Waals surface area contributed by atoms with Gasteiger partial charge in [0.2, 0.25) is 0 Å². The van der Waals surface area contributed by atoms with Gasteiger partial charge in [-0.05, 0) is 33.5 Å². The van der Waals surface area contributed by atoms with Crippen LogP contribution in [0.1, 0.15) is 29.6 Å². The van der Waals surface area contributed by atoms with Crippen molar-refractivity contribution < 1.29 is 0 Å². The molecule has 3 rings (SSSR count). The first-order chi connectivity index (χ1) is 9.22. The number of rotatable bonds is 3. The maximum atomic E-state index is 4.86. The molecule has 0 aromatic carbocycles. The first kappa shape index (κ1) is 13.5. The van der Waals surface area contributed by atoms with E-state index in [2.05, 4.69) is 34.6 Å².